The Morgan fingerprint density at radius 3 is 2.54 bits per heavy atom. The minimum absolute atomic E-state index is 0.00225. The van der Waals surface area contributed by atoms with Gasteiger partial charge < -0.3 is 14.6 Å². The summed E-state index contributed by atoms with van der Waals surface area (Å²) in [7, 11) is 0. The number of carbonyl (C=O) groups is 2. The number of anilines is 1. The van der Waals surface area contributed by atoms with E-state index in [1.807, 2.05) is 6.92 Å². The molecule has 0 radical (unpaired) electrons. The van der Waals surface area contributed by atoms with Crippen LogP contribution in [-0.2, 0) is 4.74 Å². The second-order valence-electron chi connectivity index (χ2n) is 7.48. The van der Waals surface area contributed by atoms with Gasteiger partial charge in [0.05, 0.1) is 17.2 Å². The van der Waals surface area contributed by atoms with Crippen LogP contribution in [0.4, 0.5) is 9.39 Å². The summed E-state index contributed by atoms with van der Waals surface area (Å²) in [6, 6.07) is 11.2. The molecule has 35 heavy (non-hydrogen) atoms. The lowest BCUT2D eigenvalue weighted by Crippen LogP contribution is -2.16. The first-order valence-corrected chi connectivity index (χ1v) is 12.2. The number of halogens is 3. The number of ether oxygens (including phenoxy) is 1. The molecule has 0 unspecified atom stereocenters. The fraction of sp³-hybridized carbons (Fsp3) is 0.160. The van der Waals surface area contributed by atoms with Crippen LogP contribution in [0.3, 0.4) is 0 Å². The highest BCUT2D eigenvalue weighted by molar-refractivity contribution is 7.15. The molecule has 180 valence electrons. The molecule has 10 heteroatoms. The molecule has 0 aliphatic heterocycles. The summed E-state index contributed by atoms with van der Waals surface area (Å²) in [5.74, 6) is -1.73. The van der Waals surface area contributed by atoms with Gasteiger partial charge in [-0.15, -0.1) is 11.3 Å². The number of aryl methyl sites for hydroxylation is 1. The molecular weight excluding hydrogens is 514 g/mol. The lowest BCUT2D eigenvalue weighted by Gasteiger charge is -2.10. The van der Waals surface area contributed by atoms with E-state index < -0.39 is 17.7 Å². The van der Waals surface area contributed by atoms with Gasteiger partial charge in [0.15, 0.2) is 0 Å². The van der Waals surface area contributed by atoms with E-state index in [2.05, 4.69) is 10.5 Å². The Hall–Kier alpha value is -3.20. The van der Waals surface area contributed by atoms with E-state index in [0.29, 0.717) is 22.6 Å². The third-order valence-electron chi connectivity index (χ3n) is 5.11. The Morgan fingerprint density at radius 1 is 1.09 bits per heavy atom. The number of hydrogen-bond acceptors (Lipinski definition) is 6. The zero-order valence-corrected chi connectivity index (χ0v) is 21.0. The molecule has 0 bridgehead atoms. The fourth-order valence-corrected chi connectivity index (χ4v) is 4.93. The lowest BCUT2D eigenvalue weighted by atomic mass is 10.0. The third kappa shape index (κ3) is 4.96. The molecule has 0 fully saturated rings. The summed E-state index contributed by atoms with van der Waals surface area (Å²) in [4.78, 5) is 26.4. The van der Waals surface area contributed by atoms with E-state index >= 15 is 0 Å². The molecule has 4 aromatic rings. The van der Waals surface area contributed by atoms with Crippen LogP contribution in [0.25, 0.3) is 22.4 Å². The van der Waals surface area contributed by atoms with Gasteiger partial charge >= 0.3 is 5.97 Å². The quantitative estimate of drug-likeness (QED) is 0.247. The predicted octanol–water partition coefficient (Wildman–Crippen LogP) is 7.64. The van der Waals surface area contributed by atoms with Gasteiger partial charge in [0.25, 0.3) is 5.91 Å². The number of aromatic nitrogens is 1. The van der Waals surface area contributed by atoms with Gasteiger partial charge in [0.1, 0.15) is 33.4 Å². The first-order valence-electron chi connectivity index (χ1n) is 10.6. The second-order valence-corrected chi connectivity index (χ2v) is 9.18. The van der Waals surface area contributed by atoms with Crippen LogP contribution in [0, 0.1) is 12.7 Å². The number of carbonyl (C=O) groups excluding carboxylic acids is 2. The normalized spacial score (nSPS) is 10.9. The van der Waals surface area contributed by atoms with E-state index in [-0.39, 0.29) is 44.8 Å². The highest BCUT2D eigenvalue weighted by Crippen LogP contribution is 2.40. The molecule has 1 N–H and O–H groups in total. The summed E-state index contributed by atoms with van der Waals surface area (Å²) < 4.78 is 25.1. The third-order valence-corrected chi connectivity index (χ3v) is 6.65. The van der Waals surface area contributed by atoms with E-state index in [9.17, 15) is 14.0 Å². The summed E-state index contributed by atoms with van der Waals surface area (Å²) in [6.45, 7) is 3.62. The van der Waals surface area contributed by atoms with Gasteiger partial charge in [0, 0.05) is 21.5 Å². The van der Waals surface area contributed by atoms with Gasteiger partial charge in [-0.3, -0.25) is 4.79 Å². The molecule has 0 aliphatic carbocycles. The Kier molecular flexibility index (Phi) is 7.54. The first kappa shape index (κ1) is 24.9. The highest BCUT2D eigenvalue weighted by atomic mass is 35.5. The minimum atomic E-state index is -0.652. The molecule has 0 spiro atoms. The average molecular weight is 533 g/mol. The molecule has 0 atom stereocenters. The smallest absolute Gasteiger partial charge is 0.341 e. The van der Waals surface area contributed by atoms with Crippen molar-refractivity contribution < 1.29 is 23.2 Å². The molecule has 0 saturated heterocycles. The number of rotatable bonds is 7. The number of thiophene rings is 1. The molecule has 0 aliphatic rings. The summed E-state index contributed by atoms with van der Waals surface area (Å²) in [5, 5.41) is 9.09. The number of amides is 1. The van der Waals surface area contributed by atoms with Gasteiger partial charge in [-0.2, -0.15) is 0 Å². The van der Waals surface area contributed by atoms with E-state index in [1.165, 1.54) is 25.1 Å². The molecule has 2 heterocycles. The maximum Gasteiger partial charge on any atom is 0.341 e. The standard InChI is InChI=1S/C25H19Cl2FN2O4S/c1-3-11-33-25(32)20-15(14-7-4-5-8-16(14)26)12-35-24(20)29-23(31)19-13(2)34-30-22(19)21-17(27)9-6-10-18(21)28/h4-10,12H,3,11H2,1-2H3,(H,29,31). The van der Waals surface area contributed by atoms with Crippen LogP contribution in [-0.4, -0.2) is 23.6 Å². The average Bonchev–Trinajstić information content (AvgIpc) is 3.41. The maximum absolute atomic E-state index is 14.6. The van der Waals surface area contributed by atoms with Crippen molar-refractivity contribution in [2.75, 3.05) is 11.9 Å². The molecule has 2 aromatic heterocycles. The molecule has 0 saturated carbocycles. The number of nitrogens with one attached hydrogen (secondary N) is 1. The zero-order chi connectivity index (χ0) is 25.1. The van der Waals surface area contributed by atoms with E-state index in [4.69, 9.17) is 32.5 Å². The Labute approximate surface area is 214 Å². The maximum atomic E-state index is 14.6. The van der Waals surface area contributed by atoms with Crippen molar-refractivity contribution in [3.05, 3.63) is 80.6 Å². The van der Waals surface area contributed by atoms with Crippen molar-refractivity contribution in [2.24, 2.45) is 0 Å². The Morgan fingerprint density at radius 2 is 1.83 bits per heavy atom. The largest absolute Gasteiger partial charge is 0.462 e. The van der Waals surface area contributed by atoms with Crippen molar-refractivity contribution in [1.82, 2.24) is 5.16 Å². The lowest BCUT2D eigenvalue weighted by molar-refractivity contribution is 0.0507. The Bertz CT molecular complexity index is 1400. The first-order chi connectivity index (χ1) is 16.8. The van der Waals surface area contributed by atoms with Crippen molar-refractivity contribution in [3.8, 4) is 22.4 Å². The van der Waals surface area contributed by atoms with Gasteiger partial charge in [-0.1, -0.05) is 59.5 Å². The van der Waals surface area contributed by atoms with E-state index in [1.54, 1.807) is 29.6 Å². The van der Waals surface area contributed by atoms with Gasteiger partial charge in [0.2, 0.25) is 0 Å². The highest BCUT2D eigenvalue weighted by Gasteiger charge is 2.29. The molecule has 6 nitrogen and oxygen atoms in total. The Balaban J connectivity index is 1.77. The zero-order valence-electron chi connectivity index (χ0n) is 18.7. The minimum Gasteiger partial charge on any atom is -0.462 e. The molecule has 2 aromatic carbocycles. The summed E-state index contributed by atoms with van der Waals surface area (Å²) >= 11 is 13.7. The fourth-order valence-electron chi connectivity index (χ4n) is 3.50. The topological polar surface area (TPSA) is 81.4 Å². The number of nitrogens with zero attached hydrogens (tertiary/aromatic N) is 1. The summed E-state index contributed by atoms with van der Waals surface area (Å²) in [6.07, 6.45) is 0.631. The molecule has 1 amide bonds. The van der Waals surface area contributed by atoms with Crippen LogP contribution in [0.2, 0.25) is 10.0 Å². The number of esters is 1. The molecule has 4 rings (SSSR count). The summed E-state index contributed by atoms with van der Waals surface area (Å²) in [5.41, 5.74) is 1.22. The number of benzene rings is 2. The SMILES string of the molecule is CCCOC(=O)c1c(-c2ccccc2Cl)csc1NC(=O)c1c(-c2c(F)cccc2Cl)noc1C. The van der Waals surface area contributed by atoms with Crippen LogP contribution >= 0.6 is 34.5 Å². The van der Waals surface area contributed by atoms with Crippen molar-refractivity contribution >= 4 is 51.4 Å². The van der Waals surface area contributed by atoms with Gasteiger partial charge in [-0.05, 0) is 31.5 Å². The van der Waals surface area contributed by atoms with E-state index in [0.717, 1.165) is 11.3 Å². The van der Waals surface area contributed by atoms with Crippen LogP contribution in [0.15, 0.2) is 52.4 Å². The predicted molar refractivity (Wildman–Crippen MR) is 135 cm³/mol. The molecular formula is C25H19Cl2FN2O4S. The van der Waals surface area contributed by atoms with Gasteiger partial charge in [-0.25, -0.2) is 9.18 Å². The second kappa shape index (κ2) is 10.6. The van der Waals surface area contributed by atoms with Crippen molar-refractivity contribution in [3.63, 3.8) is 0 Å². The van der Waals surface area contributed by atoms with Crippen molar-refractivity contribution in [2.45, 2.75) is 20.3 Å². The van der Waals surface area contributed by atoms with Crippen LogP contribution < -0.4 is 5.32 Å². The van der Waals surface area contributed by atoms with Crippen molar-refractivity contribution in [1.29, 1.82) is 0 Å². The van der Waals surface area contributed by atoms with Crippen LogP contribution in [0.1, 0.15) is 39.8 Å². The number of hydrogen-bond donors (Lipinski definition) is 1. The monoisotopic (exact) mass is 532 g/mol. The van der Waals surface area contributed by atoms with Crippen LogP contribution in [0.5, 0.6) is 0 Å².